The molecule has 0 unspecified atom stereocenters. The number of ketones is 1. The van der Waals surface area contributed by atoms with Crippen molar-refractivity contribution in [2.45, 2.75) is 13.3 Å². The molecule has 6 heteroatoms. The van der Waals surface area contributed by atoms with E-state index in [1.165, 1.54) is 6.07 Å². The van der Waals surface area contributed by atoms with Crippen LogP contribution in [0.25, 0.3) is 0 Å². The lowest BCUT2D eigenvalue weighted by atomic mass is 10.1. The number of halogens is 1. The molecule has 0 spiro atoms. The molecule has 0 bridgehead atoms. The van der Waals surface area contributed by atoms with Crippen LogP contribution in [-0.4, -0.2) is 20.5 Å². The van der Waals surface area contributed by atoms with Gasteiger partial charge in [0.15, 0.2) is 0 Å². The number of rotatable bonds is 4. The van der Waals surface area contributed by atoms with E-state index in [2.05, 4.69) is 10.2 Å². The maximum Gasteiger partial charge on any atom is 0.264 e. The summed E-state index contributed by atoms with van der Waals surface area (Å²) in [6.45, 7) is 1.97. The number of hydrogen-bond acceptors (Lipinski definition) is 3. The SMILES string of the molecule is Cc1ccc(C(=O)c2c(Cl)cc(Cc3ccc(=O)[nH]n3)n2C)cc1. The summed E-state index contributed by atoms with van der Waals surface area (Å²) in [5, 5.41) is 6.79. The average Bonchev–Trinajstić information content (AvgIpc) is 2.83. The lowest BCUT2D eigenvalue weighted by Gasteiger charge is -2.07. The van der Waals surface area contributed by atoms with Gasteiger partial charge in [0.1, 0.15) is 5.69 Å². The van der Waals surface area contributed by atoms with Gasteiger partial charge in [-0.1, -0.05) is 41.4 Å². The van der Waals surface area contributed by atoms with Crippen molar-refractivity contribution in [1.29, 1.82) is 0 Å². The summed E-state index contributed by atoms with van der Waals surface area (Å²) < 4.78 is 1.78. The van der Waals surface area contributed by atoms with Crippen LogP contribution in [0.4, 0.5) is 0 Å². The van der Waals surface area contributed by atoms with Gasteiger partial charge < -0.3 is 4.57 Å². The Labute approximate surface area is 143 Å². The molecule has 0 saturated carbocycles. The number of carbonyl (C=O) groups is 1. The van der Waals surface area contributed by atoms with Crippen LogP contribution >= 0.6 is 11.6 Å². The van der Waals surface area contributed by atoms with Gasteiger partial charge in [-0.05, 0) is 19.1 Å². The number of nitrogens with zero attached hydrogens (tertiary/aromatic N) is 2. The predicted molar refractivity (Wildman–Crippen MR) is 92.7 cm³/mol. The Morgan fingerprint density at radius 2 is 1.92 bits per heavy atom. The van der Waals surface area contributed by atoms with E-state index in [9.17, 15) is 9.59 Å². The van der Waals surface area contributed by atoms with Crippen molar-refractivity contribution in [3.8, 4) is 0 Å². The van der Waals surface area contributed by atoms with E-state index >= 15 is 0 Å². The quantitative estimate of drug-likeness (QED) is 0.742. The Morgan fingerprint density at radius 1 is 1.21 bits per heavy atom. The summed E-state index contributed by atoms with van der Waals surface area (Å²) in [4.78, 5) is 23.8. The Kier molecular flexibility index (Phi) is 4.36. The standard InChI is InChI=1S/C18H16ClN3O2/c1-11-3-5-12(6-4-11)18(24)17-15(19)10-14(22(17)2)9-13-7-8-16(23)21-20-13/h3-8,10H,9H2,1-2H3,(H,21,23). The first-order chi connectivity index (χ1) is 11.5. The van der Waals surface area contributed by atoms with Crippen molar-refractivity contribution >= 4 is 17.4 Å². The predicted octanol–water partition coefficient (Wildman–Crippen LogP) is 2.89. The summed E-state index contributed by atoms with van der Waals surface area (Å²) in [6.07, 6.45) is 0.466. The van der Waals surface area contributed by atoms with Crippen molar-refractivity contribution in [3.63, 3.8) is 0 Å². The summed E-state index contributed by atoms with van der Waals surface area (Å²) in [5.74, 6) is -0.122. The maximum absolute atomic E-state index is 12.7. The zero-order valence-corrected chi connectivity index (χ0v) is 14.1. The lowest BCUT2D eigenvalue weighted by Crippen LogP contribution is -2.11. The second kappa shape index (κ2) is 6.45. The smallest absolute Gasteiger partial charge is 0.264 e. The van der Waals surface area contributed by atoms with E-state index in [1.54, 1.807) is 35.9 Å². The highest BCUT2D eigenvalue weighted by molar-refractivity contribution is 6.34. The highest BCUT2D eigenvalue weighted by Crippen LogP contribution is 2.24. The van der Waals surface area contributed by atoms with E-state index in [0.717, 1.165) is 11.3 Å². The molecular weight excluding hydrogens is 326 g/mol. The molecule has 0 aliphatic carbocycles. The number of H-pyrrole nitrogens is 1. The number of aromatic amines is 1. The maximum atomic E-state index is 12.7. The zero-order chi connectivity index (χ0) is 17.3. The third-order valence-corrected chi connectivity index (χ3v) is 4.20. The monoisotopic (exact) mass is 341 g/mol. The second-order valence-electron chi connectivity index (χ2n) is 5.68. The van der Waals surface area contributed by atoms with Gasteiger partial charge in [0.05, 0.1) is 10.7 Å². The van der Waals surface area contributed by atoms with Gasteiger partial charge in [0, 0.05) is 30.8 Å². The number of nitrogens with one attached hydrogen (secondary N) is 1. The molecule has 0 aliphatic rings. The molecule has 3 rings (SSSR count). The van der Waals surface area contributed by atoms with Crippen LogP contribution < -0.4 is 5.56 Å². The van der Waals surface area contributed by atoms with E-state index in [4.69, 9.17) is 11.6 Å². The minimum absolute atomic E-state index is 0.122. The third-order valence-electron chi connectivity index (χ3n) is 3.91. The third kappa shape index (κ3) is 3.16. The first-order valence-corrected chi connectivity index (χ1v) is 7.83. The van der Waals surface area contributed by atoms with Crippen LogP contribution in [0.3, 0.4) is 0 Å². The highest BCUT2D eigenvalue weighted by atomic mass is 35.5. The molecule has 122 valence electrons. The van der Waals surface area contributed by atoms with Gasteiger partial charge in [0.25, 0.3) is 5.56 Å². The van der Waals surface area contributed by atoms with E-state index < -0.39 is 0 Å². The van der Waals surface area contributed by atoms with Crippen LogP contribution in [0.2, 0.25) is 5.02 Å². The van der Waals surface area contributed by atoms with Crippen molar-refractivity contribution in [1.82, 2.24) is 14.8 Å². The lowest BCUT2D eigenvalue weighted by molar-refractivity contribution is 0.103. The molecule has 1 aromatic carbocycles. The van der Waals surface area contributed by atoms with Gasteiger partial charge in [-0.25, -0.2) is 5.10 Å². The first-order valence-electron chi connectivity index (χ1n) is 7.46. The minimum atomic E-state index is -0.251. The van der Waals surface area contributed by atoms with Gasteiger partial charge in [-0.3, -0.25) is 9.59 Å². The fraction of sp³-hybridized carbons (Fsp3) is 0.167. The van der Waals surface area contributed by atoms with Gasteiger partial charge in [-0.15, -0.1) is 0 Å². The van der Waals surface area contributed by atoms with E-state index in [-0.39, 0.29) is 11.3 Å². The molecule has 2 aromatic heterocycles. The number of carbonyl (C=O) groups excluding carboxylic acids is 1. The molecule has 1 N–H and O–H groups in total. The summed E-state index contributed by atoms with van der Waals surface area (Å²) in [7, 11) is 1.80. The van der Waals surface area contributed by atoms with Gasteiger partial charge >= 0.3 is 0 Å². The van der Waals surface area contributed by atoms with Crippen molar-refractivity contribution < 1.29 is 4.79 Å². The molecule has 0 aliphatic heterocycles. The second-order valence-corrected chi connectivity index (χ2v) is 6.08. The van der Waals surface area contributed by atoms with Crippen molar-refractivity contribution in [3.05, 3.63) is 86.0 Å². The topological polar surface area (TPSA) is 67.8 Å². The van der Waals surface area contributed by atoms with E-state index in [0.29, 0.717) is 28.4 Å². The Hall–Kier alpha value is -2.66. The van der Waals surface area contributed by atoms with E-state index in [1.807, 2.05) is 19.1 Å². The zero-order valence-electron chi connectivity index (χ0n) is 13.3. The minimum Gasteiger partial charge on any atom is -0.343 e. The van der Waals surface area contributed by atoms with Crippen LogP contribution in [0.5, 0.6) is 0 Å². The molecule has 0 fully saturated rings. The van der Waals surface area contributed by atoms with Crippen LogP contribution in [0.15, 0.2) is 47.3 Å². The molecule has 3 aromatic rings. The molecule has 0 amide bonds. The molecule has 0 saturated heterocycles. The molecule has 5 nitrogen and oxygen atoms in total. The largest absolute Gasteiger partial charge is 0.343 e. The van der Waals surface area contributed by atoms with Gasteiger partial charge in [-0.2, -0.15) is 5.10 Å². The average molecular weight is 342 g/mol. The molecule has 2 heterocycles. The normalized spacial score (nSPS) is 10.8. The molecular formula is C18H16ClN3O2. The molecule has 0 radical (unpaired) electrons. The summed E-state index contributed by atoms with van der Waals surface area (Å²) in [5.41, 5.74) is 3.42. The van der Waals surface area contributed by atoms with Crippen molar-refractivity contribution in [2.24, 2.45) is 7.05 Å². The van der Waals surface area contributed by atoms with Crippen LogP contribution in [0.1, 0.15) is 33.0 Å². The van der Waals surface area contributed by atoms with Crippen LogP contribution in [0, 0.1) is 6.92 Å². The Bertz CT molecular complexity index is 935. The van der Waals surface area contributed by atoms with Gasteiger partial charge in [0.2, 0.25) is 5.78 Å². The fourth-order valence-electron chi connectivity index (χ4n) is 2.54. The Balaban J connectivity index is 1.94. The molecule has 0 atom stereocenters. The highest BCUT2D eigenvalue weighted by Gasteiger charge is 2.20. The number of benzene rings is 1. The van der Waals surface area contributed by atoms with Crippen molar-refractivity contribution in [2.75, 3.05) is 0 Å². The number of hydrogen-bond donors (Lipinski definition) is 1. The Morgan fingerprint density at radius 3 is 2.54 bits per heavy atom. The summed E-state index contributed by atoms with van der Waals surface area (Å²) in [6, 6.07) is 12.2. The summed E-state index contributed by atoms with van der Waals surface area (Å²) >= 11 is 6.30. The number of aryl methyl sites for hydroxylation is 1. The first kappa shape index (κ1) is 16.2. The molecule has 24 heavy (non-hydrogen) atoms. The number of aromatic nitrogens is 3. The fourth-order valence-corrected chi connectivity index (χ4v) is 2.88. The van der Waals surface area contributed by atoms with Crippen LogP contribution in [-0.2, 0) is 13.5 Å².